The molecule has 306 valence electrons. The van der Waals surface area contributed by atoms with Crippen LogP contribution in [0.25, 0.3) is 134 Å². The Morgan fingerprint density at radius 1 is 0.227 bits per heavy atom. The summed E-state index contributed by atoms with van der Waals surface area (Å²) in [6, 6.07) is 88.1. The van der Waals surface area contributed by atoms with Crippen LogP contribution in [0.1, 0.15) is 0 Å². The van der Waals surface area contributed by atoms with Crippen molar-refractivity contribution in [3.63, 3.8) is 0 Å². The van der Waals surface area contributed by atoms with Gasteiger partial charge in [-0.2, -0.15) is 0 Å². The summed E-state index contributed by atoms with van der Waals surface area (Å²) in [5, 5.41) is 15.5. The van der Waals surface area contributed by atoms with Crippen molar-refractivity contribution in [2.75, 3.05) is 0 Å². The average molecular weight is 901 g/mol. The number of hydrogen-bond donors (Lipinski definition) is 0. The maximum atomic E-state index is 2.50. The van der Waals surface area contributed by atoms with E-state index < -0.39 is 0 Å². The number of aromatic nitrogens is 1. The number of fused-ring (bicyclic) bond motifs is 10. The summed E-state index contributed by atoms with van der Waals surface area (Å²) in [5.74, 6) is 0. The van der Waals surface area contributed by atoms with Crippen LogP contribution in [0, 0.1) is 0 Å². The van der Waals surface area contributed by atoms with Gasteiger partial charge in [0.25, 0.3) is 0 Å². The fraction of sp³-hybridized carbons (Fsp3) is 0. The fourth-order valence-electron chi connectivity index (χ4n) is 11.2. The predicted octanol–water partition coefficient (Wildman–Crippen LogP) is 17.4. The second kappa shape index (κ2) is 14.8. The number of nitrogens with zero attached hydrogens (tertiary/aromatic N) is 1. The SMILES string of the molecule is c1ccc(-c2c3ccccc3c(-c3ccc4c(c3)[se]c3ccc(-c5c6ccccc6c(-c6ccc7c(c6)c6ccccc6n7-c6ccccc6)c6ccccc56)cc34)c3ccccc23)cc1. The van der Waals surface area contributed by atoms with Crippen molar-refractivity contribution in [2.45, 2.75) is 0 Å². The molecule has 66 heavy (non-hydrogen) atoms. The van der Waals surface area contributed by atoms with Crippen molar-refractivity contribution in [3.05, 3.63) is 237 Å². The zero-order valence-electron chi connectivity index (χ0n) is 35.9. The van der Waals surface area contributed by atoms with Gasteiger partial charge in [0.2, 0.25) is 0 Å². The summed E-state index contributed by atoms with van der Waals surface area (Å²) in [5.41, 5.74) is 13.8. The first kappa shape index (κ1) is 37.4. The van der Waals surface area contributed by atoms with E-state index >= 15 is 0 Å². The van der Waals surface area contributed by atoms with E-state index in [1.807, 2.05) is 0 Å². The van der Waals surface area contributed by atoms with E-state index in [4.69, 9.17) is 0 Å². The summed E-state index contributed by atoms with van der Waals surface area (Å²) in [6.45, 7) is 0. The molecule has 0 amide bonds. The molecule has 0 saturated carbocycles. The summed E-state index contributed by atoms with van der Waals surface area (Å²) in [7, 11) is 0. The molecule has 14 rings (SSSR count). The first-order valence-electron chi connectivity index (χ1n) is 22.8. The second-order valence-electron chi connectivity index (χ2n) is 17.5. The molecule has 12 aromatic carbocycles. The van der Waals surface area contributed by atoms with Crippen LogP contribution in [0.5, 0.6) is 0 Å². The number of para-hydroxylation sites is 2. The van der Waals surface area contributed by atoms with Crippen LogP contribution in [0.15, 0.2) is 237 Å². The zero-order valence-corrected chi connectivity index (χ0v) is 37.6. The molecular formula is C64H39NSe. The Morgan fingerprint density at radius 2 is 0.621 bits per heavy atom. The van der Waals surface area contributed by atoms with Crippen molar-refractivity contribution in [1.29, 1.82) is 0 Å². The number of rotatable bonds is 5. The Balaban J connectivity index is 0.944. The first-order chi connectivity index (χ1) is 32.8. The van der Waals surface area contributed by atoms with Crippen molar-refractivity contribution >= 4 is 98.7 Å². The molecule has 0 aliphatic heterocycles. The average Bonchev–Trinajstić information content (AvgIpc) is 3.92. The first-order valence-corrected chi connectivity index (χ1v) is 24.5. The molecule has 0 spiro atoms. The van der Waals surface area contributed by atoms with Gasteiger partial charge in [-0.3, -0.25) is 0 Å². The van der Waals surface area contributed by atoms with E-state index in [-0.39, 0.29) is 14.5 Å². The van der Waals surface area contributed by atoms with Crippen LogP contribution in [0.4, 0.5) is 0 Å². The topological polar surface area (TPSA) is 4.93 Å². The number of hydrogen-bond acceptors (Lipinski definition) is 0. The predicted molar refractivity (Wildman–Crippen MR) is 285 cm³/mol. The van der Waals surface area contributed by atoms with E-state index in [1.54, 1.807) is 0 Å². The normalized spacial score (nSPS) is 11.9. The van der Waals surface area contributed by atoms with Crippen LogP contribution < -0.4 is 0 Å². The van der Waals surface area contributed by atoms with Gasteiger partial charge < -0.3 is 4.57 Å². The van der Waals surface area contributed by atoms with Gasteiger partial charge in [-0.05, 0) is 18.2 Å². The fourth-order valence-corrected chi connectivity index (χ4v) is 13.5. The van der Waals surface area contributed by atoms with E-state index in [9.17, 15) is 0 Å². The van der Waals surface area contributed by atoms with Gasteiger partial charge in [-0.25, -0.2) is 0 Å². The molecule has 0 radical (unpaired) electrons. The van der Waals surface area contributed by atoms with Gasteiger partial charge >= 0.3 is 320 Å². The third-order valence-electron chi connectivity index (χ3n) is 13.9. The third-order valence-corrected chi connectivity index (χ3v) is 16.3. The monoisotopic (exact) mass is 901 g/mol. The summed E-state index contributed by atoms with van der Waals surface area (Å²) in [4.78, 5) is 0. The van der Waals surface area contributed by atoms with Crippen LogP contribution in [-0.4, -0.2) is 19.1 Å². The van der Waals surface area contributed by atoms with Crippen LogP contribution >= 0.6 is 0 Å². The maximum absolute atomic E-state index is 2.50. The molecule has 1 nitrogen and oxygen atoms in total. The quantitative estimate of drug-likeness (QED) is 0.120. The molecule has 2 aromatic heterocycles. The molecule has 0 aliphatic rings. The van der Waals surface area contributed by atoms with Gasteiger partial charge in [0.15, 0.2) is 0 Å². The Kier molecular flexibility index (Phi) is 8.37. The van der Waals surface area contributed by atoms with Gasteiger partial charge in [-0.1, -0.05) is 36.4 Å². The summed E-state index contributed by atoms with van der Waals surface area (Å²) >= 11 is 0.186. The zero-order chi connectivity index (χ0) is 43.3. The van der Waals surface area contributed by atoms with Crippen molar-refractivity contribution in [1.82, 2.24) is 4.57 Å². The Labute approximate surface area is 387 Å². The molecule has 2 heteroatoms. The van der Waals surface area contributed by atoms with Gasteiger partial charge in [0, 0.05) is 5.69 Å². The van der Waals surface area contributed by atoms with Gasteiger partial charge in [0.1, 0.15) is 0 Å². The van der Waals surface area contributed by atoms with Gasteiger partial charge in [-0.15, -0.1) is 0 Å². The van der Waals surface area contributed by atoms with Crippen molar-refractivity contribution in [3.8, 4) is 50.2 Å². The van der Waals surface area contributed by atoms with E-state index in [1.165, 1.54) is 134 Å². The van der Waals surface area contributed by atoms with Crippen LogP contribution in [0.3, 0.4) is 0 Å². The molecule has 14 aromatic rings. The molecule has 0 bridgehead atoms. The van der Waals surface area contributed by atoms with Gasteiger partial charge in [0.05, 0.1) is 5.52 Å². The molecule has 0 unspecified atom stereocenters. The van der Waals surface area contributed by atoms with Crippen molar-refractivity contribution < 1.29 is 0 Å². The molecular weight excluding hydrogens is 862 g/mol. The minimum absolute atomic E-state index is 0.186. The van der Waals surface area contributed by atoms with E-state index in [2.05, 4.69) is 241 Å². The van der Waals surface area contributed by atoms with Crippen LogP contribution in [0.2, 0.25) is 0 Å². The van der Waals surface area contributed by atoms with Crippen molar-refractivity contribution in [2.24, 2.45) is 0 Å². The Morgan fingerprint density at radius 3 is 1.17 bits per heavy atom. The number of benzene rings is 12. The molecule has 2 heterocycles. The molecule has 0 saturated heterocycles. The summed E-state index contributed by atoms with van der Waals surface area (Å²) < 4.78 is 5.29. The minimum atomic E-state index is 0.186. The van der Waals surface area contributed by atoms with Crippen LogP contribution in [-0.2, 0) is 0 Å². The molecule has 0 aliphatic carbocycles. The Hall–Kier alpha value is -8.00. The standard InChI is InChI=1S/C64H39NSe/c1-3-17-40(18-4-1)61-47-22-7-9-24-49(47)64(50-25-10-8-23-48(50)61)43-31-34-46-56-38-42(33-36-59(56)66-60(46)39-43)63-53-28-13-11-26-51(53)62(52-27-12-14-29-54(52)63)41-32-35-58-55(37-41)45-21-15-16-30-57(45)65(58)44-19-5-2-6-20-44/h1-39H. The van der Waals surface area contributed by atoms with E-state index in [0.717, 1.165) is 0 Å². The molecule has 0 N–H and O–H groups in total. The summed E-state index contributed by atoms with van der Waals surface area (Å²) in [6.07, 6.45) is 0. The molecule has 0 atom stereocenters. The second-order valence-corrected chi connectivity index (χ2v) is 19.8. The third kappa shape index (κ3) is 5.60. The van der Waals surface area contributed by atoms with E-state index in [0.29, 0.717) is 0 Å². The molecule has 0 fully saturated rings. The Bertz CT molecular complexity index is 4160.